The van der Waals surface area contributed by atoms with E-state index in [9.17, 15) is 9.59 Å². The Bertz CT molecular complexity index is 612. The van der Waals surface area contributed by atoms with Crippen LogP contribution in [0.25, 0.3) is 0 Å². The van der Waals surface area contributed by atoms with E-state index in [2.05, 4.69) is 13.8 Å². The normalized spacial score (nSPS) is 47.2. The average molecular weight is 331 g/mol. The Morgan fingerprint density at radius 1 is 1.12 bits per heavy atom. The molecule has 0 spiro atoms. The molecular weight excluding hydrogens is 302 g/mol. The van der Waals surface area contributed by atoms with Crippen molar-refractivity contribution >= 4 is 11.9 Å². The first-order valence-corrected chi connectivity index (χ1v) is 9.54. The second-order valence-electron chi connectivity index (χ2n) is 9.02. The largest absolute Gasteiger partial charge is 0.446 e. The summed E-state index contributed by atoms with van der Waals surface area (Å²) in [6.07, 6.45) is 9.67. The third-order valence-corrected chi connectivity index (χ3v) is 8.13. The predicted molar refractivity (Wildman–Crippen MR) is 91.2 cm³/mol. The maximum absolute atomic E-state index is 11.9. The second kappa shape index (κ2) is 5.34. The van der Waals surface area contributed by atoms with E-state index in [4.69, 9.17) is 10.5 Å². The monoisotopic (exact) mass is 331 g/mol. The lowest BCUT2D eigenvalue weighted by Crippen LogP contribution is -2.51. The van der Waals surface area contributed by atoms with E-state index in [1.165, 1.54) is 18.4 Å². The smallest absolute Gasteiger partial charge is 0.404 e. The summed E-state index contributed by atoms with van der Waals surface area (Å²) in [5.74, 6) is 2.31. The molecule has 4 aliphatic rings. The van der Waals surface area contributed by atoms with E-state index in [0.29, 0.717) is 30.0 Å². The molecule has 4 nitrogen and oxygen atoms in total. The molecule has 0 aromatic rings. The van der Waals surface area contributed by atoms with Crippen LogP contribution in [0.5, 0.6) is 0 Å². The Morgan fingerprint density at radius 3 is 2.67 bits per heavy atom. The van der Waals surface area contributed by atoms with Gasteiger partial charge in [0.25, 0.3) is 0 Å². The van der Waals surface area contributed by atoms with E-state index in [1.807, 2.05) is 6.08 Å². The summed E-state index contributed by atoms with van der Waals surface area (Å²) in [4.78, 5) is 23.1. The Balaban J connectivity index is 1.62. The fourth-order valence-electron chi connectivity index (χ4n) is 6.85. The van der Waals surface area contributed by atoms with Crippen LogP contribution in [0.4, 0.5) is 4.79 Å². The number of nitrogens with two attached hydrogens (primary N) is 1. The number of amides is 1. The third kappa shape index (κ3) is 2.18. The van der Waals surface area contributed by atoms with Crippen molar-refractivity contribution in [2.75, 3.05) is 0 Å². The molecule has 6 atom stereocenters. The number of allylic oxidation sites excluding steroid dienone is 1. The number of ketones is 1. The van der Waals surface area contributed by atoms with Crippen LogP contribution < -0.4 is 5.73 Å². The summed E-state index contributed by atoms with van der Waals surface area (Å²) < 4.78 is 5.49. The molecule has 4 rings (SSSR count). The van der Waals surface area contributed by atoms with Gasteiger partial charge in [0.05, 0.1) is 0 Å². The Kier molecular flexibility index (Phi) is 3.59. The fourth-order valence-corrected chi connectivity index (χ4v) is 6.85. The molecule has 6 unspecified atom stereocenters. The SMILES string of the molecule is CC12CCC(=O)C=C1CCC1C2CCC2(C)C(OC(N)=O)CCC12. The van der Waals surface area contributed by atoms with Crippen molar-refractivity contribution in [3.8, 4) is 0 Å². The lowest BCUT2D eigenvalue weighted by Gasteiger charge is -2.57. The van der Waals surface area contributed by atoms with Gasteiger partial charge in [0.2, 0.25) is 0 Å². The zero-order chi connectivity index (χ0) is 17.1. The fraction of sp³-hybridized carbons (Fsp3) is 0.800. The van der Waals surface area contributed by atoms with Gasteiger partial charge in [-0.2, -0.15) is 0 Å². The maximum Gasteiger partial charge on any atom is 0.404 e. The number of fused-ring (bicyclic) bond motifs is 5. The van der Waals surface area contributed by atoms with E-state index in [0.717, 1.165) is 32.1 Å². The number of primary amides is 1. The number of hydrogen-bond donors (Lipinski definition) is 1. The highest BCUT2D eigenvalue weighted by Crippen LogP contribution is 2.65. The molecule has 3 fully saturated rings. The molecule has 0 radical (unpaired) electrons. The molecule has 0 aromatic carbocycles. The molecule has 2 N–H and O–H groups in total. The molecule has 1 amide bonds. The highest BCUT2D eigenvalue weighted by atomic mass is 16.6. The Hall–Kier alpha value is -1.32. The zero-order valence-electron chi connectivity index (χ0n) is 14.8. The molecule has 24 heavy (non-hydrogen) atoms. The number of carbonyl (C=O) groups is 2. The Labute approximate surface area is 144 Å². The minimum absolute atomic E-state index is 0.0152. The highest BCUT2D eigenvalue weighted by molar-refractivity contribution is 5.91. The van der Waals surface area contributed by atoms with Crippen molar-refractivity contribution in [1.82, 2.24) is 0 Å². The first-order valence-electron chi connectivity index (χ1n) is 9.54. The maximum atomic E-state index is 11.9. The van der Waals surface area contributed by atoms with Gasteiger partial charge in [-0.1, -0.05) is 19.4 Å². The van der Waals surface area contributed by atoms with Gasteiger partial charge >= 0.3 is 6.09 Å². The lowest BCUT2D eigenvalue weighted by atomic mass is 9.47. The Morgan fingerprint density at radius 2 is 1.92 bits per heavy atom. The molecule has 4 aliphatic carbocycles. The molecule has 0 heterocycles. The quantitative estimate of drug-likeness (QED) is 0.790. The lowest BCUT2D eigenvalue weighted by molar-refractivity contribution is -0.118. The average Bonchev–Trinajstić information content (AvgIpc) is 2.84. The molecular formula is C20H29NO3. The summed E-state index contributed by atoms with van der Waals surface area (Å²) in [5.41, 5.74) is 7.01. The van der Waals surface area contributed by atoms with Gasteiger partial charge in [0.1, 0.15) is 6.10 Å². The van der Waals surface area contributed by atoms with Crippen molar-refractivity contribution in [3.05, 3.63) is 11.6 Å². The van der Waals surface area contributed by atoms with Crippen molar-refractivity contribution < 1.29 is 14.3 Å². The first-order chi connectivity index (χ1) is 11.3. The van der Waals surface area contributed by atoms with Gasteiger partial charge in [0, 0.05) is 11.8 Å². The van der Waals surface area contributed by atoms with Gasteiger partial charge in [-0.15, -0.1) is 0 Å². The van der Waals surface area contributed by atoms with Gasteiger partial charge in [0.15, 0.2) is 5.78 Å². The van der Waals surface area contributed by atoms with E-state index >= 15 is 0 Å². The minimum Gasteiger partial charge on any atom is -0.446 e. The molecule has 0 aromatic heterocycles. The van der Waals surface area contributed by atoms with Crippen molar-refractivity contribution in [2.24, 2.45) is 34.3 Å². The van der Waals surface area contributed by atoms with Crippen molar-refractivity contribution in [3.63, 3.8) is 0 Å². The highest BCUT2D eigenvalue weighted by Gasteiger charge is 2.59. The van der Waals surface area contributed by atoms with E-state index in [1.54, 1.807) is 0 Å². The van der Waals surface area contributed by atoms with Crippen LogP contribution in [-0.4, -0.2) is 18.0 Å². The van der Waals surface area contributed by atoms with Crippen LogP contribution in [0.2, 0.25) is 0 Å². The molecule has 0 saturated heterocycles. The number of hydrogen-bond acceptors (Lipinski definition) is 3. The number of carbonyl (C=O) groups excluding carboxylic acids is 2. The topological polar surface area (TPSA) is 69.4 Å². The second-order valence-corrected chi connectivity index (χ2v) is 9.02. The zero-order valence-corrected chi connectivity index (χ0v) is 14.8. The van der Waals surface area contributed by atoms with Crippen molar-refractivity contribution in [1.29, 1.82) is 0 Å². The number of rotatable bonds is 1. The third-order valence-electron chi connectivity index (χ3n) is 8.13. The summed E-state index contributed by atoms with van der Waals surface area (Å²) >= 11 is 0. The molecule has 0 bridgehead atoms. The minimum atomic E-state index is -0.629. The standard InChI is InChI=1S/C20H29NO3/c1-19-9-7-13(22)11-12(19)3-4-14-15-5-6-17(24-18(21)23)20(15,2)10-8-16(14)19/h11,14-17H,3-10H2,1-2H3,(H2,21,23). The van der Waals surface area contributed by atoms with Crippen LogP contribution in [0.15, 0.2) is 11.6 Å². The van der Waals surface area contributed by atoms with Crippen molar-refractivity contribution in [2.45, 2.75) is 71.3 Å². The van der Waals surface area contributed by atoms with Gasteiger partial charge < -0.3 is 10.5 Å². The summed E-state index contributed by atoms with van der Waals surface area (Å²) in [6.45, 7) is 4.71. The first kappa shape index (κ1) is 16.2. The van der Waals surface area contributed by atoms with Crippen LogP contribution in [0.3, 0.4) is 0 Å². The van der Waals surface area contributed by atoms with Gasteiger partial charge in [-0.05, 0) is 74.2 Å². The van der Waals surface area contributed by atoms with Gasteiger partial charge in [-0.25, -0.2) is 4.79 Å². The predicted octanol–water partition coefficient (Wildman–Crippen LogP) is 3.98. The summed E-state index contributed by atoms with van der Waals surface area (Å²) in [7, 11) is 0. The molecule has 132 valence electrons. The van der Waals surface area contributed by atoms with Crippen LogP contribution >= 0.6 is 0 Å². The molecule has 0 aliphatic heterocycles. The van der Waals surface area contributed by atoms with E-state index in [-0.39, 0.29) is 16.9 Å². The number of ether oxygens (including phenoxy) is 1. The summed E-state index contributed by atoms with van der Waals surface area (Å²) in [5, 5.41) is 0. The van der Waals surface area contributed by atoms with E-state index < -0.39 is 6.09 Å². The van der Waals surface area contributed by atoms with Crippen LogP contribution in [0.1, 0.15) is 65.2 Å². The van der Waals surface area contributed by atoms with Crippen LogP contribution in [-0.2, 0) is 9.53 Å². The van der Waals surface area contributed by atoms with Gasteiger partial charge in [-0.3, -0.25) is 4.79 Å². The summed E-state index contributed by atoms with van der Waals surface area (Å²) in [6, 6.07) is 0. The molecule has 4 heteroatoms. The van der Waals surface area contributed by atoms with Crippen LogP contribution in [0, 0.1) is 28.6 Å². The molecule has 3 saturated carbocycles.